The second kappa shape index (κ2) is 4.66. The smallest absolute Gasteiger partial charge is 0.153 e. The SMILES string of the molecule is Nc1ncnc2c1ncp2[C@@H]1O[C@H](CO)[C@@H](O)[C@H]1O. The summed E-state index contributed by atoms with van der Waals surface area (Å²) in [7, 11) is -1.14. The van der Waals surface area contributed by atoms with Crippen molar-refractivity contribution in [1.29, 1.82) is 0 Å². The lowest BCUT2D eigenvalue weighted by molar-refractivity contribution is -0.0124. The zero-order valence-corrected chi connectivity index (χ0v) is 10.7. The van der Waals surface area contributed by atoms with Gasteiger partial charge in [-0.1, -0.05) is 0 Å². The van der Waals surface area contributed by atoms with Crippen LogP contribution in [0.5, 0.6) is 0 Å². The fourth-order valence-electron chi connectivity index (χ4n) is 2.17. The van der Waals surface area contributed by atoms with Crippen molar-refractivity contribution in [2.45, 2.75) is 24.2 Å². The number of aromatic nitrogens is 3. The lowest BCUT2D eigenvalue weighted by atomic mass is 10.2. The number of nitrogens with zero attached hydrogens (tertiary/aromatic N) is 3. The Morgan fingerprint density at radius 2 is 2.05 bits per heavy atom. The van der Waals surface area contributed by atoms with E-state index < -0.39 is 31.7 Å². The highest BCUT2D eigenvalue weighted by molar-refractivity contribution is 7.54. The van der Waals surface area contributed by atoms with Gasteiger partial charge in [-0.25, -0.2) is 15.0 Å². The lowest BCUT2D eigenvalue weighted by Crippen LogP contribution is -2.32. The lowest BCUT2D eigenvalue weighted by Gasteiger charge is -2.13. The molecule has 0 amide bonds. The minimum Gasteiger partial charge on any atom is -0.394 e. The highest BCUT2D eigenvalue weighted by Crippen LogP contribution is 2.52. The number of fused-ring (bicyclic) bond motifs is 1. The summed E-state index contributed by atoms with van der Waals surface area (Å²) in [5, 5.41) is 29.5. The number of hydrogen-bond donors (Lipinski definition) is 4. The van der Waals surface area contributed by atoms with Crippen LogP contribution in [0.3, 0.4) is 0 Å². The number of nitrogen functional groups attached to an aromatic ring is 1. The first-order valence-corrected chi connectivity index (χ1v) is 7.17. The number of aliphatic hydroxyl groups is 3. The van der Waals surface area contributed by atoms with E-state index in [9.17, 15) is 10.2 Å². The Hall–Kier alpha value is -1.31. The largest absolute Gasteiger partial charge is 0.394 e. The molecule has 0 spiro atoms. The monoisotopic (exact) mass is 284 g/mol. The molecule has 1 fully saturated rings. The van der Waals surface area contributed by atoms with Gasteiger partial charge in [0.1, 0.15) is 41.2 Å². The van der Waals surface area contributed by atoms with Crippen LogP contribution in [0, 0.1) is 0 Å². The van der Waals surface area contributed by atoms with E-state index in [-0.39, 0.29) is 12.4 Å². The molecule has 0 radical (unpaired) electrons. The van der Waals surface area contributed by atoms with E-state index in [2.05, 4.69) is 15.0 Å². The van der Waals surface area contributed by atoms with Crippen molar-refractivity contribution in [3.05, 3.63) is 12.3 Å². The van der Waals surface area contributed by atoms with Gasteiger partial charge in [0.05, 0.1) is 12.5 Å². The van der Waals surface area contributed by atoms with Gasteiger partial charge in [0.2, 0.25) is 0 Å². The van der Waals surface area contributed by atoms with E-state index in [1.807, 2.05) is 0 Å². The maximum absolute atomic E-state index is 10.0. The molecule has 5 atom stereocenters. The maximum atomic E-state index is 10.0. The highest BCUT2D eigenvalue weighted by atomic mass is 31.1. The molecule has 5 N–H and O–H groups in total. The summed E-state index contributed by atoms with van der Waals surface area (Å²) in [6.07, 6.45) is -1.66. The Balaban J connectivity index is 2.04. The van der Waals surface area contributed by atoms with Gasteiger partial charge < -0.3 is 25.8 Å². The molecule has 0 bridgehead atoms. The molecule has 1 unspecified atom stereocenters. The van der Waals surface area contributed by atoms with Crippen molar-refractivity contribution >= 4 is 24.1 Å². The van der Waals surface area contributed by atoms with Gasteiger partial charge in [0.15, 0.2) is 5.82 Å². The number of aliphatic hydroxyl groups excluding tert-OH is 3. The van der Waals surface area contributed by atoms with E-state index >= 15 is 0 Å². The van der Waals surface area contributed by atoms with Crippen LogP contribution in [0.1, 0.15) is 5.85 Å². The predicted molar refractivity (Wildman–Crippen MR) is 67.5 cm³/mol. The van der Waals surface area contributed by atoms with E-state index in [1.165, 1.54) is 6.33 Å². The van der Waals surface area contributed by atoms with E-state index in [0.29, 0.717) is 10.8 Å². The van der Waals surface area contributed by atoms with E-state index in [1.54, 1.807) is 5.93 Å². The molecule has 1 aliphatic heterocycles. The third-order valence-electron chi connectivity index (χ3n) is 3.18. The quantitative estimate of drug-likeness (QED) is 0.563. The molecule has 19 heavy (non-hydrogen) atoms. The van der Waals surface area contributed by atoms with Crippen molar-refractivity contribution in [3.8, 4) is 0 Å². The zero-order chi connectivity index (χ0) is 13.6. The standard InChI is InChI=1S/C10H13N4O4P/c11-8-5-9(13-2-12-8)19(3-14-5)10-7(17)6(16)4(1-15)18-10/h2-4,6-7,10,15-17H,1H2,(H2,11,12,13)/t4-,6-,7-,10+,19?/m1/s1. The zero-order valence-electron chi connectivity index (χ0n) is 9.79. The van der Waals surface area contributed by atoms with Crippen LogP contribution >= 0.6 is 7.53 Å². The molecule has 3 heterocycles. The summed E-state index contributed by atoms with van der Waals surface area (Å²) >= 11 is 0. The molecular weight excluding hydrogens is 271 g/mol. The Bertz CT molecular complexity index is 606. The topological polar surface area (TPSA) is 135 Å². The van der Waals surface area contributed by atoms with Gasteiger partial charge in [-0.05, 0) is 7.53 Å². The number of ether oxygens (including phenoxy) is 1. The molecule has 1 aliphatic rings. The normalized spacial score (nSPS) is 32.1. The van der Waals surface area contributed by atoms with Crippen molar-refractivity contribution in [1.82, 2.24) is 15.0 Å². The number of hydrogen-bond acceptors (Lipinski definition) is 8. The number of rotatable bonds is 2. The molecular formula is C10H13N4O4P. The molecule has 8 nitrogen and oxygen atoms in total. The molecule has 0 saturated carbocycles. The van der Waals surface area contributed by atoms with Gasteiger partial charge >= 0.3 is 0 Å². The molecule has 102 valence electrons. The average molecular weight is 284 g/mol. The van der Waals surface area contributed by atoms with Crippen LogP contribution in [0.15, 0.2) is 12.3 Å². The van der Waals surface area contributed by atoms with Gasteiger partial charge in [-0.2, -0.15) is 0 Å². The molecule has 0 aliphatic carbocycles. The van der Waals surface area contributed by atoms with Crippen molar-refractivity contribution in [2.24, 2.45) is 0 Å². The summed E-state index contributed by atoms with van der Waals surface area (Å²) in [4.78, 5) is 12.1. The Kier molecular flexibility index (Phi) is 3.12. The second-order valence-corrected chi connectivity index (χ2v) is 6.29. The Morgan fingerprint density at radius 3 is 2.74 bits per heavy atom. The van der Waals surface area contributed by atoms with Gasteiger partial charge in [-0.15, -0.1) is 0 Å². The van der Waals surface area contributed by atoms with Crippen LogP contribution in [-0.2, 0) is 4.74 Å². The van der Waals surface area contributed by atoms with Crippen molar-refractivity contribution < 1.29 is 20.1 Å². The minimum atomic E-state index is -1.14. The highest BCUT2D eigenvalue weighted by Gasteiger charge is 2.44. The molecule has 2 aromatic heterocycles. The first-order chi connectivity index (χ1) is 9.13. The van der Waals surface area contributed by atoms with Crippen molar-refractivity contribution in [3.63, 3.8) is 0 Å². The molecule has 9 heteroatoms. The second-order valence-electron chi connectivity index (χ2n) is 4.31. The molecule has 3 rings (SSSR count). The third kappa shape index (κ3) is 1.89. The fraction of sp³-hybridized carbons (Fsp3) is 0.500. The van der Waals surface area contributed by atoms with Crippen LogP contribution in [-0.4, -0.2) is 55.2 Å². The van der Waals surface area contributed by atoms with Crippen LogP contribution < -0.4 is 5.73 Å². The van der Waals surface area contributed by atoms with E-state index in [0.717, 1.165) is 0 Å². The van der Waals surface area contributed by atoms with Gasteiger partial charge in [0, 0.05) is 0 Å². The molecule has 1 saturated heterocycles. The summed E-state index contributed by atoms with van der Waals surface area (Å²) in [6.45, 7) is -0.353. The summed E-state index contributed by atoms with van der Waals surface area (Å²) in [5.41, 5.74) is 6.19. The summed E-state index contributed by atoms with van der Waals surface area (Å²) in [5.74, 6) is 1.25. The predicted octanol–water partition coefficient (Wildman–Crippen LogP) is -0.795. The summed E-state index contributed by atoms with van der Waals surface area (Å²) < 4.78 is 5.50. The third-order valence-corrected chi connectivity index (χ3v) is 5.33. The maximum Gasteiger partial charge on any atom is 0.153 e. The van der Waals surface area contributed by atoms with Crippen LogP contribution in [0.4, 0.5) is 5.82 Å². The van der Waals surface area contributed by atoms with Crippen molar-refractivity contribution in [2.75, 3.05) is 12.3 Å². The first-order valence-electron chi connectivity index (χ1n) is 5.69. The fourth-order valence-corrected chi connectivity index (χ4v) is 4.28. The van der Waals surface area contributed by atoms with E-state index in [4.69, 9.17) is 15.6 Å². The molecule has 2 aromatic rings. The van der Waals surface area contributed by atoms with Crippen LogP contribution in [0.25, 0.3) is 10.8 Å². The number of nitrogens with two attached hydrogens (primary N) is 1. The number of anilines is 1. The van der Waals surface area contributed by atoms with Gasteiger partial charge in [-0.3, -0.25) is 0 Å². The Morgan fingerprint density at radius 1 is 1.26 bits per heavy atom. The summed E-state index contributed by atoms with van der Waals surface area (Å²) in [6, 6.07) is 0. The average Bonchev–Trinajstić information content (AvgIpc) is 2.94. The first kappa shape index (κ1) is 12.7. The molecule has 0 aromatic carbocycles. The van der Waals surface area contributed by atoms with Crippen LogP contribution in [0.2, 0.25) is 0 Å². The minimum absolute atomic E-state index is 0.276. The van der Waals surface area contributed by atoms with Gasteiger partial charge in [0.25, 0.3) is 0 Å². The Labute approximate surface area is 108 Å².